The second kappa shape index (κ2) is 8.47. The molecule has 1 saturated heterocycles. The van der Waals surface area contributed by atoms with Gasteiger partial charge in [0.25, 0.3) is 0 Å². The van der Waals surface area contributed by atoms with E-state index in [1.165, 1.54) is 4.31 Å². The van der Waals surface area contributed by atoms with E-state index in [9.17, 15) is 13.2 Å². The number of benzene rings is 1. The third kappa shape index (κ3) is 4.42. The third-order valence-corrected chi connectivity index (χ3v) is 8.01. The fraction of sp³-hybridized carbons (Fsp3) is 0.478. The summed E-state index contributed by atoms with van der Waals surface area (Å²) in [7, 11) is -3.57. The normalized spacial score (nSPS) is 15.9. The van der Waals surface area contributed by atoms with Gasteiger partial charge in [-0.15, -0.1) is 0 Å². The molecular weight excluding hydrogens is 398 g/mol. The number of hydrogen-bond donors (Lipinski definition) is 1. The lowest BCUT2D eigenvalue weighted by atomic mass is 9.97. The van der Waals surface area contributed by atoms with E-state index in [4.69, 9.17) is 0 Å². The second-order valence-corrected chi connectivity index (χ2v) is 10.3. The predicted octanol–water partition coefficient (Wildman–Crippen LogP) is 3.97. The largest absolute Gasteiger partial charge is 0.324 e. The molecular formula is C23H31N3O3S. The number of aromatic nitrogens is 1. The summed E-state index contributed by atoms with van der Waals surface area (Å²) in [5.41, 5.74) is 6.05. The zero-order chi connectivity index (χ0) is 22.2. The highest BCUT2D eigenvalue weighted by Crippen LogP contribution is 2.29. The molecule has 3 rings (SSSR count). The van der Waals surface area contributed by atoms with Gasteiger partial charge in [-0.25, -0.2) is 8.42 Å². The minimum Gasteiger partial charge on any atom is -0.324 e. The summed E-state index contributed by atoms with van der Waals surface area (Å²) < 4.78 is 28.0. The van der Waals surface area contributed by atoms with Crippen LogP contribution in [0.2, 0.25) is 0 Å². The molecule has 1 aromatic carbocycles. The Morgan fingerprint density at radius 3 is 2.07 bits per heavy atom. The Balaban J connectivity index is 1.71. The molecule has 2 heterocycles. The number of carbonyl (C=O) groups excluding carboxylic acids is 1. The first-order valence-electron chi connectivity index (χ1n) is 10.3. The van der Waals surface area contributed by atoms with Crippen molar-refractivity contribution in [3.05, 3.63) is 51.8 Å². The Bertz CT molecular complexity index is 1040. The van der Waals surface area contributed by atoms with Crippen LogP contribution in [0.4, 0.5) is 5.69 Å². The molecule has 0 spiro atoms. The molecule has 1 aliphatic rings. The second-order valence-electron chi connectivity index (χ2n) is 8.44. The zero-order valence-corrected chi connectivity index (χ0v) is 19.5. The first-order chi connectivity index (χ1) is 14.0. The molecule has 0 bridgehead atoms. The van der Waals surface area contributed by atoms with Crippen LogP contribution < -0.4 is 5.32 Å². The number of nitrogens with zero attached hydrogens (tertiary/aromatic N) is 2. The van der Waals surface area contributed by atoms with Gasteiger partial charge in [0, 0.05) is 24.7 Å². The molecule has 1 amide bonds. The van der Waals surface area contributed by atoms with Gasteiger partial charge in [-0.2, -0.15) is 4.31 Å². The van der Waals surface area contributed by atoms with Crippen LogP contribution in [0.15, 0.2) is 23.1 Å². The molecule has 1 fully saturated rings. The van der Waals surface area contributed by atoms with Gasteiger partial charge in [0.05, 0.1) is 16.3 Å². The molecule has 0 radical (unpaired) electrons. The van der Waals surface area contributed by atoms with E-state index < -0.39 is 10.0 Å². The topological polar surface area (TPSA) is 79.4 Å². The van der Waals surface area contributed by atoms with Crippen molar-refractivity contribution in [3.63, 3.8) is 0 Å². The Labute approximate surface area is 179 Å². The number of rotatable bonds is 4. The summed E-state index contributed by atoms with van der Waals surface area (Å²) in [5.74, 6) is -0.275. The van der Waals surface area contributed by atoms with E-state index in [0.717, 1.165) is 39.3 Å². The van der Waals surface area contributed by atoms with Crippen molar-refractivity contribution < 1.29 is 13.2 Å². The lowest BCUT2D eigenvalue weighted by Crippen LogP contribution is -2.41. The number of amides is 1. The highest BCUT2D eigenvalue weighted by Gasteiger charge is 2.34. The van der Waals surface area contributed by atoms with Crippen molar-refractivity contribution in [2.75, 3.05) is 18.4 Å². The minimum absolute atomic E-state index is 0.0633. The van der Waals surface area contributed by atoms with Gasteiger partial charge in [0.15, 0.2) is 0 Å². The Morgan fingerprint density at radius 2 is 1.53 bits per heavy atom. The number of pyridine rings is 1. The molecule has 30 heavy (non-hydrogen) atoms. The maximum Gasteiger partial charge on any atom is 0.243 e. The molecule has 162 valence electrons. The van der Waals surface area contributed by atoms with Gasteiger partial charge in [-0.1, -0.05) is 17.7 Å². The summed E-state index contributed by atoms with van der Waals surface area (Å²) in [6.07, 6.45) is 1.01. The van der Waals surface area contributed by atoms with Crippen molar-refractivity contribution in [1.29, 1.82) is 0 Å². The molecule has 1 aliphatic heterocycles. The Morgan fingerprint density at radius 1 is 0.967 bits per heavy atom. The summed E-state index contributed by atoms with van der Waals surface area (Å²) in [6, 6.07) is 5.75. The van der Waals surface area contributed by atoms with E-state index in [2.05, 4.69) is 10.3 Å². The predicted molar refractivity (Wildman–Crippen MR) is 119 cm³/mol. The van der Waals surface area contributed by atoms with Crippen LogP contribution >= 0.6 is 0 Å². The van der Waals surface area contributed by atoms with Crippen LogP contribution in [0.3, 0.4) is 0 Å². The fourth-order valence-electron chi connectivity index (χ4n) is 4.50. The Hall–Kier alpha value is -2.25. The fourth-order valence-corrected chi connectivity index (χ4v) is 6.38. The molecule has 0 saturated carbocycles. The molecule has 7 heteroatoms. The third-order valence-electron chi connectivity index (χ3n) is 5.80. The zero-order valence-electron chi connectivity index (χ0n) is 18.7. The molecule has 2 aromatic rings. The van der Waals surface area contributed by atoms with Crippen LogP contribution in [0.1, 0.15) is 46.5 Å². The number of piperidine rings is 1. The molecule has 0 unspecified atom stereocenters. The van der Waals surface area contributed by atoms with Crippen LogP contribution in [-0.2, 0) is 14.8 Å². The van der Waals surface area contributed by atoms with Crippen molar-refractivity contribution >= 4 is 21.6 Å². The van der Waals surface area contributed by atoms with Gasteiger partial charge < -0.3 is 5.32 Å². The van der Waals surface area contributed by atoms with Crippen molar-refractivity contribution in [2.45, 2.75) is 59.3 Å². The van der Waals surface area contributed by atoms with Gasteiger partial charge >= 0.3 is 0 Å². The van der Waals surface area contributed by atoms with E-state index >= 15 is 0 Å². The first-order valence-corrected chi connectivity index (χ1v) is 11.8. The van der Waals surface area contributed by atoms with E-state index in [0.29, 0.717) is 30.8 Å². The molecule has 6 nitrogen and oxygen atoms in total. The maximum atomic E-state index is 13.2. The summed E-state index contributed by atoms with van der Waals surface area (Å²) in [6.45, 7) is 12.1. The van der Waals surface area contributed by atoms with Crippen LogP contribution in [-0.4, -0.2) is 36.7 Å². The van der Waals surface area contributed by atoms with Gasteiger partial charge in [0.1, 0.15) is 0 Å². The smallest absolute Gasteiger partial charge is 0.243 e. The SMILES string of the molecule is Cc1cc(C)c(S(=O)(=O)N2CCC(C(=O)Nc3c(C)cc(C)nc3C)CC2)c(C)c1. The number of carbonyl (C=O) groups is 1. The van der Waals surface area contributed by atoms with Crippen LogP contribution in [0, 0.1) is 47.5 Å². The minimum atomic E-state index is -3.57. The summed E-state index contributed by atoms with van der Waals surface area (Å²) >= 11 is 0. The molecule has 0 aliphatic carbocycles. The highest BCUT2D eigenvalue weighted by atomic mass is 32.2. The van der Waals surface area contributed by atoms with Crippen molar-refractivity contribution in [3.8, 4) is 0 Å². The van der Waals surface area contributed by atoms with E-state index in [-0.39, 0.29) is 11.8 Å². The highest BCUT2D eigenvalue weighted by molar-refractivity contribution is 7.89. The number of nitrogens with one attached hydrogen (secondary N) is 1. The van der Waals surface area contributed by atoms with Crippen LogP contribution in [0.25, 0.3) is 0 Å². The number of aryl methyl sites for hydroxylation is 6. The lowest BCUT2D eigenvalue weighted by Gasteiger charge is -2.31. The van der Waals surface area contributed by atoms with Gasteiger partial charge in [-0.3, -0.25) is 9.78 Å². The van der Waals surface area contributed by atoms with Gasteiger partial charge in [-0.05, 0) is 77.1 Å². The average Bonchev–Trinajstić information content (AvgIpc) is 2.63. The lowest BCUT2D eigenvalue weighted by molar-refractivity contribution is -0.120. The number of sulfonamides is 1. The van der Waals surface area contributed by atoms with E-state index in [1.807, 2.05) is 59.7 Å². The Kier molecular flexibility index (Phi) is 6.34. The standard InChI is InChI=1S/C23H31N3O3S/c1-14-11-16(3)22(17(4)12-14)30(28,29)26-9-7-20(8-10-26)23(27)25-21-15(2)13-18(5)24-19(21)6/h11-13,20H,7-10H2,1-6H3,(H,25,27). The van der Waals surface area contributed by atoms with Gasteiger partial charge in [0.2, 0.25) is 15.9 Å². The average molecular weight is 430 g/mol. The monoisotopic (exact) mass is 429 g/mol. The molecule has 1 aromatic heterocycles. The number of hydrogen-bond acceptors (Lipinski definition) is 4. The molecule has 1 N–H and O–H groups in total. The van der Waals surface area contributed by atoms with E-state index in [1.54, 1.807) is 0 Å². The number of anilines is 1. The first kappa shape index (κ1) is 22.4. The summed E-state index contributed by atoms with van der Waals surface area (Å²) in [5, 5.41) is 3.02. The van der Waals surface area contributed by atoms with Crippen LogP contribution in [0.5, 0.6) is 0 Å². The van der Waals surface area contributed by atoms with Crippen molar-refractivity contribution in [1.82, 2.24) is 9.29 Å². The quantitative estimate of drug-likeness (QED) is 0.797. The summed E-state index contributed by atoms with van der Waals surface area (Å²) in [4.78, 5) is 17.6. The molecule has 0 atom stereocenters. The maximum absolute atomic E-state index is 13.2. The van der Waals surface area contributed by atoms with Crippen molar-refractivity contribution in [2.24, 2.45) is 5.92 Å².